The maximum Gasteiger partial charge on any atom is 0.195 e. The number of hydrogen-bond donors (Lipinski definition) is 1. The van der Waals surface area contributed by atoms with Gasteiger partial charge in [-0.3, -0.25) is 9.59 Å². The van der Waals surface area contributed by atoms with E-state index in [-0.39, 0.29) is 11.6 Å². The lowest BCUT2D eigenvalue weighted by Gasteiger charge is -2.33. The van der Waals surface area contributed by atoms with Gasteiger partial charge in [-0.1, -0.05) is 13.8 Å². The molecule has 0 radical (unpaired) electrons. The third kappa shape index (κ3) is 1.85. The largest absolute Gasteiger partial charge is 0.455 e. The quantitative estimate of drug-likeness (QED) is 0.845. The number of fused-ring (bicyclic) bond motifs is 2. The number of furan rings is 2. The molecule has 5 heteroatoms. The van der Waals surface area contributed by atoms with E-state index in [0.717, 1.165) is 24.2 Å². The lowest BCUT2D eigenvalue weighted by molar-refractivity contribution is 0.0980. The van der Waals surface area contributed by atoms with Crippen molar-refractivity contribution in [2.45, 2.75) is 46.0 Å². The summed E-state index contributed by atoms with van der Waals surface area (Å²) >= 11 is 0. The average molecular weight is 301 g/mol. The molecular weight excluding hydrogens is 282 g/mol. The van der Waals surface area contributed by atoms with Gasteiger partial charge in [0.1, 0.15) is 11.5 Å². The molecule has 3 heterocycles. The Hall–Kier alpha value is -2.30. The van der Waals surface area contributed by atoms with E-state index in [4.69, 9.17) is 8.83 Å². The highest BCUT2D eigenvalue weighted by Gasteiger charge is 2.45. The summed E-state index contributed by atoms with van der Waals surface area (Å²) in [6, 6.07) is 3.45. The van der Waals surface area contributed by atoms with Crippen LogP contribution in [-0.4, -0.2) is 11.6 Å². The summed E-state index contributed by atoms with van der Waals surface area (Å²) in [5, 5.41) is 3.22. The third-order valence-corrected chi connectivity index (χ3v) is 4.50. The van der Waals surface area contributed by atoms with Crippen molar-refractivity contribution in [1.82, 2.24) is 0 Å². The molecule has 0 atom stereocenters. The van der Waals surface area contributed by atoms with Crippen LogP contribution in [0, 0.1) is 0 Å². The van der Waals surface area contributed by atoms with E-state index in [1.165, 1.54) is 13.8 Å². The minimum Gasteiger partial charge on any atom is -0.455 e. The van der Waals surface area contributed by atoms with E-state index in [9.17, 15) is 9.59 Å². The Bertz CT molecular complexity index is 701. The minimum absolute atomic E-state index is 0.113. The Balaban J connectivity index is 2.23. The van der Waals surface area contributed by atoms with Gasteiger partial charge in [0.25, 0.3) is 0 Å². The smallest absolute Gasteiger partial charge is 0.195 e. The number of carbonyl (C=O) groups is 2. The van der Waals surface area contributed by atoms with Crippen molar-refractivity contribution in [2.75, 3.05) is 5.32 Å². The van der Waals surface area contributed by atoms with Crippen LogP contribution in [0.2, 0.25) is 0 Å². The zero-order valence-electron chi connectivity index (χ0n) is 13.2. The van der Waals surface area contributed by atoms with Gasteiger partial charge < -0.3 is 14.2 Å². The molecule has 3 rings (SSSR count). The summed E-state index contributed by atoms with van der Waals surface area (Å²) in [4.78, 5) is 23.2. The monoisotopic (exact) mass is 301 g/mol. The molecule has 0 unspecified atom stereocenters. The van der Waals surface area contributed by atoms with Crippen LogP contribution >= 0.6 is 0 Å². The molecule has 0 amide bonds. The minimum atomic E-state index is -0.461. The van der Waals surface area contributed by atoms with E-state index >= 15 is 0 Å². The summed E-state index contributed by atoms with van der Waals surface area (Å²) in [6.07, 6.45) is 1.50. The van der Waals surface area contributed by atoms with Gasteiger partial charge in [0.05, 0.1) is 16.8 Å². The van der Waals surface area contributed by atoms with Crippen LogP contribution in [0.1, 0.15) is 73.2 Å². The Morgan fingerprint density at radius 3 is 1.68 bits per heavy atom. The fourth-order valence-corrected chi connectivity index (χ4v) is 3.17. The topological polar surface area (TPSA) is 72.5 Å². The van der Waals surface area contributed by atoms with Crippen molar-refractivity contribution < 1.29 is 18.4 Å². The van der Waals surface area contributed by atoms with Crippen LogP contribution in [0.25, 0.3) is 0 Å². The van der Waals surface area contributed by atoms with Gasteiger partial charge in [0.15, 0.2) is 23.1 Å². The first kappa shape index (κ1) is 14.6. The first-order chi connectivity index (χ1) is 10.4. The van der Waals surface area contributed by atoms with Gasteiger partial charge >= 0.3 is 0 Å². The second-order valence-corrected chi connectivity index (χ2v) is 5.73. The molecular formula is C17H19NO4. The Labute approximate surface area is 128 Å². The molecule has 0 saturated heterocycles. The maximum atomic E-state index is 11.6. The molecule has 2 aromatic rings. The van der Waals surface area contributed by atoms with E-state index in [0.29, 0.717) is 23.0 Å². The summed E-state index contributed by atoms with van der Waals surface area (Å²) in [7, 11) is 0. The van der Waals surface area contributed by atoms with Gasteiger partial charge in [-0.2, -0.15) is 0 Å². The molecule has 5 nitrogen and oxygen atoms in total. The highest BCUT2D eigenvalue weighted by atomic mass is 16.4. The normalized spacial score (nSPS) is 14.9. The summed E-state index contributed by atoms with van der Waals surface area (Å²) in [6.45, 7) is 7.06. The molecule has 0 fully saturated rings. The van der Waals surface area contributed by atoms with E-state index in [2.05, 4.69) is 5.32 Å². The molecule has 116 valence electrons. The number of rotatable bonds is 4. The molecule has 0 spiro atoms. The fourth-order valence-electron chi connectivity index (χ4n) is 3.17. The molecule has 2 aromatic heterocycles. The second kappa shape index (κ2) is 4.87. The van der Waals surface area contributed by atoms with E-state index < -0.39 is 5.41 Å². The SMILES string of the molecule is CCC1(CC)c2oc(C(C)=O)cc2Nc2cc(C(C)=O)oc21. The number of ketones is 2. The van der Waals surface area contributed by atoms with E-state index in [1.807, 2.05) is 13.8 Å². The molecule has 0 bridgehead atoms. The number of nitrogens with one attached hydrogen (secondary N) is 1. The van der Waals surface area contributed by atoms with Crippen LogP contribution in [0.3, 0.4) is 0 Å². The third-order valence-electron chi connectivity index (χ3n) is 4.50. The second-order valence-electron chi connectivity index (χ2n) is 5.73. The first-order valence-electron chi connectivity index (χ1n) is 7.50. The van der Waals surface area contributed by atoms with Crippen LogP contribution in [0.15, 0.2) is 21.0 Å². The standard InChI is InChI=1S/C17H19NO4/c1-5-17(6-2)15-11(7-13(21-15)9(3)19)18-12-8-14(10(4)20)22-16(12)17/h7-8,18H,5-6H2,1-4H3. The predicted octanol–water partition coefficient (Wildman–Crippen LogP) is 4.44. The lowest BCUT2D eigenvalue weighted by Crippen LogP contribution is -2.29. The van der Waals surface area contributed by atoms with Crippen LogP contribution < -0.4 is 5.32 Å². The molecule has 0 saturated carbocycles. The fraction of sp³-hybridized carbons (Fsp3) is 0.412. The van der Waals surface area contributed by atoms with Crippen LogP contribution in [0.4, 0.5) is 11.4 Å². The summed E-state index contributed by atoms with van der Waals surface area (Å²) in [5.41, 5.74) is 1.09. The zero-order valence-corrected chi connectivity index (χ0v) is 13.2. The number of anilines is 2. The van der Waals surface area contributed by atoms with Crippen molar-refractivity contribution in [3.05, 3.63) is 35.2 Å². The van der Waals surface area contributed by atoms with Gasteiger partial charge in [0, 0.05) is 26.0 Å². The van der Waals surface area contributed by atoms with Crippen molar-refractivity contribution in [3.8, 4) is 0 Å². The van der Waals surface area contributed by atoms with Crippen LogP contribution in [0.5, 0.6) is 0 Å². The zero-order chi connectivity index (χ0) is 16.1. The highest BCUT2D eigenvalue weighted by Crippen LogP contribution is 2.51. The Kier molecular flexibility index (Phi) is 3.24. The molecule has 22 heavy (non-hydrogen) atoms. The van der Waals surface area contributed by atoms with Gasteiger partial charge in [0.2, 0.25) is 0 Å². The van der Waals surface area contributed by atoms with Crippen molar-refractivity contribution in [3.63, 3.8) is 0 Å². The van der Waals surface area contributed by atoms with Gasteiger partial charge in [-0.25, -0.2) is 0 Å². The molecule has 0 aromatic carbocycles. The van der Waals surface area contributed by atoms with E-state index in [1.54, 1.807) is 12.1 Å². The van der Waals surface area contributed by atoms with Crippen molar-refractivity contribution in [1.29, 1.82) is 0 Å². The number of Topliss-reactive ketones (excluding diaryl/α,β-unsaturated/α-hetero) is 2. The van der Waals surface area contributed by atoms with Crippen molar-refractivity contribution >= 4 is 22.9 Å². The lowest BCUT2D eigenvalue weighted by atomic mass is 9.75. The van der Waals surface area contributed by atoms with Crippen LogP contribution in [-0.2, 0) is 5.41 Å². The van der Waals surface area contributed by atoms with Gasteiger partial charge in [-0.05, 0) is 12.8 Å². The maximum absolute atomic E-state index is 11.6. The molecule has 1 aliphatic rings. The average Bonchev–Trinajstić information content (AvgIpc) is 3.08. The predicted molar refractivity (Wildman–Crippen MR) is 82.1 cm³/mol. The Morgan fingerprint density at radius 1 is 0.955 bits per heavy atom. The summed E-state index contributed by atoms with van der Waals surface area (Å²) in [5.74, 6) is 1.86. The molecule has 1 N–H and O–H groups in total. The number of hydrogen-bond acceptors (Lipinski definition) is 5. The Morgan fingerprint density at radius 2 is 1.36 bits per heavy atom. The first-order valence-corrected chi connectivity index (χ1v) is 7.50. The van der Waals surface area contributed by atoms with Crippen molar-refractivity contribution in [2.24, 2.45) is 0 Å². The van der Waals surface area contributed by atoms with Gasteiger partial charge in [-0.15, -0.1) is 0 Å². The summed E-state index contributed by atoms with van der Waals surface area (Å²) < 4.78 is 11.7. The highest BCUT2D eigenvalue weighted by molar-refractivity contribution is 5.95. The molecule has 1 aliphatic heterocycles. The molecule has 0 aliphatic carbocycles. The number of carbonyl (C=O) groups excluding carboxylic acids is 2.